The van der Waals surface area contributed by atoms with E-state index in [-0.39, 0.29) is 36.3 Å². The molecular formula is C12H21ClN4O. The summed E-state index contributed by atoms with van der Waals surface area (Å²) in [5.41, 5.74) is 6.85. The molecule has 6 heteroatoms. The fourth-order valence-corrected chi connectivity index (χ4v) is 2.33. The van der Waals surface area contributed by atoms with Gasteiger partial charge >= 0.3 is 0 Å². The molecule has 0 bridgehead atoms. The Bertz CT molecular complexity index is 407. The second-order valence-corrected chi connectivity index (χ2v) is 4.95. The highest BCUT2D eigenvalue weighted by Crippen LogP contribution is 2.25. The molecule has 1 saturated carbocycles. The lowest BCUT2D eigenvalue weighted by molar-refractivity contribution is -0.125. The van der Waals surface area contributed by atoms with Crippen LogP contribution in [0.25, 0.3) is 0 Å². The number of nitrogens with one attached hydrogen (secondary N) is 1. The number of rotatable bonds is 3. The molecule has 0 aliphatic heterocycles. The van der Waals surface area contributed by atoms with Gasteiger partial charge in [0.1, 0.15) is 0 Å². The van der Waals surface area contributed by atoms with Crippen LogP contribution in [0.3, 0.4) is 0 Å². The van der Waals surface area contributed by atoms with Gasteiger partial charge in [-0.05, 0) is 26.2 Å². The maximum atomic E-state index is 12.0. The van der Waals surface area contributed by atoms with Crippen LogP contribution in [0.15, 0.2) is 12.4 Å². The first-order valence-electron chi connectivity index (χ1n) is 6.10. The zero-order chi connectivity index (χ0) is 12.4. The second kappa shape index (κ2) is 6.20. The maximum Gasteiger partial charge on any atom is 0.223 e. The molecule has 3 unspecified atom stereocenters. The zero-order valence-corrected chi connectivity index (χ0v) is 11.6. The number of amides is 1. The molecule has 0 spiro atoms. The summed E-state index contributed by atoms with van der Waals surface area (Å²) in [6.07, 6.45) is 6.38. The van der Waals surface area contributed by atoms with Crippen LogP contribution in [0.4, 0.5) is 0 Å². The molecule has 1 aliphatic carbocycles. The molecule has 1 heterocycles. The number of nitrogens with zero attached hydrogens (tertiary/aromatic N) is 2. The molecule has 0 saturated heterocycles. The molecule has 1 amide bonds. The minimum atomic E-state index is 0. The van der Waals surface area contributed by atoms with E-state index in [2.05, 4.69) is 10.4 Å². The summed E-state index contributed by atoms with van der Waals surface area (Å²) in [7, 11) is 1.87. The largest absolute Gasteiger partial charge is 0.349 e. The molecule has 5 nitrogen and oxygen atoms in total. The molecule has 102 valence electrons. The Labute approximate surface area is 114 Å². The lowest BCUT2D eigenvalue weighted by Crippen LogP contribution is -2.32. The van der Waals surface area contributed by atoms with Crippen molar-refractivity contribution in [3.05, 3.63) is 18.0 Å². The summed E-state index contributed by atoms with van der Waals surface area (Å²) in [6, 6.07) is 0.201. The van der Waals surface area contributed by atoms with Gasteiger partial charge in [-0.1, -0.05) is 0 Å². The molecule has 1 fully saturated rings. The first-order valence-corrected chi connectivity index (χ1v) is 6.10. The van der Waals surface area contributed by atoms with Gasteiger partial charge in [-0.3, -0.25) is 9.48 Å². The molecule has 1 aliphatic rings. The van der Waals surface area contributed by atoms with Crippen LogP contribution < -0.4 is 11.1 Å². The van der Waals surface area contributed by atoms with Crippen LogP contribution >= 0.6 is 12.4 Å². The van der Waals surface area contributed by atoms with Gasteiger partial charge in [0.05, 0.1) is 12.2 Å². The number of nitrogens with two attached hydrogens (primary N) is 1. The number of hydrogen-bond acceptors (Lipinski definition) is 3. The average Bonchev–Trinajstić information content (AvgIpc) is 2.87. The first kappa shape index (κ1) is 15.0. The Kier molecular flexibility index (Phi) is 5.16. The molecule has 1 aromatic rings. The first-order chi connectivity index (χ1) is 8.06. The van der Waals surface area contributed by atoms with Crippen LogP contribution in [0.5, 0.6) is 0 Å². The van der Waals surface area contributed by atoms with Crippen LogP contribution in [0, 0.1) is 5.92 Å². The van der Waals surface area contributed by atoms with Crippen LogP contribution in [-0.2, 0) is 11.8 Å². The summed E-state index contributed by atoms with van der Waals surface area (Å²) in [4.78, 5) is 12.0. The smallest absolute Gasteiger partial charge is 0.223 e. The third-order valence-corrected chi connectivity index (χ3v) is 3.43. The van der Waals surface area contributed by atoms with Gasteiger partial charge < -0.3 is 11.1 Å². The fraction of sp³-hybridized carbons (Fsp3) is 0.667. The van der Waals surface area contributed by atoms with E-state index >= 15 is 0 Å². The Morgan fingerprint density at radius 3 is 2.83 bits per heavy atom. The molecular weight excluding hydrogens is 252 g/mol. The summed E-state index contributed by atoms with van der Waals surface area (Å²) < 4.78 is 1.74. The van der Waals surface area contributed by atoms with E-state index in [1.165, 1.54) is 0 Å². The van der Waals surface area contributed by atoms with Crippen molar-refractivity contribution in [2.24, 2.45) is 18.7 Å². The molecule has 0 aromatic carbocycles. The summed E-state index contributed by atoms with van der Waals surface area (Å²) in [6.45, 7) is 1.98. The lowest BCUT2D eigenvalue weighted by Gasteiger charge is -2.15. The van der Waals surface area contributed by atoms with Gasteiger partial charge in [0, 0.05) is 30.8 Å². The minimum Gasteiger partial charge on any atom is -0.349 e. The number of carbonyl (C=O) groups is 1. The zero-order valence-electron chi connectivity index (χ0n) is 10.8. The van der Waals surface area contributed by atoms with Gasteiger partial charge in [-0.15, -0.1) is 12.4 Å². The predicted octanol–water partition coefficient (Wildman–Crippen LogP) is 1.15. The van der Waals surface area contributed by atoms with Gasteiger partial charge in [0.2, 0.25) is 5.91 Å². The van der Waals surface area contributed by atoms with Crippen molar-refractivity contribution in [2.45, 2.75) is 38.3 Å². The van der Waals surface area contributed by atoms with Crippen LogP contribution in [0.2, 0.25) is 0 Å². The second-order valence-electron chi connectivity index (χ2n) is 4.95. The van der Waals surface area contributed by atoms with Gasteiger partial charge in [0.15, 0.2) is 0 Å². The number of aryl methyl sites for hydroxylation is 1. The van der Waals surface area contributed by atoms with E-state index in [9.17, 15) is 4.79 Å². The van der Waals surface area contributed by atoms with Crippen molar-refractivity contribution in [3.63, 3.8) is 0 Å². The number of aromatic nitrogens is 2. The number of halogens is 1. The van der Waals surface area contributed by atoms with E-state index in [0.717, 1.165) is 24.8 Å². The predicted molar refractivity (Wildman–Crippen MR) is 72.3 cm³/mol. The van der Waals surface area contributed by atoms with E-state index in [4.69, 9.17) is 5.73 Å². The highest BCUT2D eigenvalue weighted by Gasteiger charge is 2.28. The van der Waals surface area contributed by atoms with Crippen molar-refractivity contribution in [3.8, 4) is 0 Å². The summed E-state index contributed by atoms with van der Waals surface area (Å²) in [5, 5.41) is 7.12. The standard InChI is InChI=1S/C12H20N4O.ClH/c1-8(10-6-14-16(2)7-10)15-12(17)9-3-4-11(13)5-9;/h6-9,11H,3-5,13H2,1-2H3,(H,15,17);1H. The lowest BCUT2D eigenvalue weighted by atomic mass is 10.1. The quantitative estimate of drug-likeness (QED) is 0.867. The molecule has 18 heavy (non-hydrogen) atoms. The van der Waals surface area contributed by atoms with E-state index in [0.29, 0.717) is 0 Å². The monoisotopic (exact) mass is 272 g/mol. The minimum absolute atomic E-state index is 0. The van der Waals surface area contributed by atoms with Gasteiger partial charge in [-0.2, -0.15) is 5.10 Å². The molecule has 2 rings (SSSR count). The van der Waals surface area contributed by atoms with Gasteiger partial charge in [-0.25, -0.2) is 0 Å². The Hall–Kier alpha value is -1.07. The third kappa shape index (κ3) is 3.46. The Balaban J connectivity index is 0.00000162. The van der Waals surface area contributed by atoms with E-state index < -0.39 is 0 Å². The number of hydrogen-bond donors (Lipinski definition) is 2. The SMILES string of the molecule is CC(NC(=O)C1CCC(N)C1)c1cnn(C)c1.Cl. The Morgan fingerprint density at radius 2 is 2.33 bits per heavy atom. The van der Waals surface area contributed by atoms with Gasteiger partial charge in [0.25, 0.3) is 0 Å². The molecule has 3 N–H and O–H groups in total. The summed E-state index contributed by atoms with van der Waals surface area (Å²) >= 11 is 0. The number of carbonyl (C=O) groups excluding carboxylic acids is 1. The van der Waals surface area contributed by atoms with Crippen molar-refractivity contribution >= 4 is 18.3 Å². The van der Waals surface area contributed by atoms with Crippen molar-refractivity contribution < 1.29 is 4.79 Å². The average molecular weight is 273 g/mol. The molecule has 0 radical (unpaired) electrons. The third-order valence-electron chi connectivity index (χ3n) is 3.43. The molecule has 1 aromatic heterocycles. The topological polar surface area (TPSA) is 72.9 Å². The van der Waals surface area contributed by atoms with Crippen molar-refractivity contribution in [1.82, 2.24) is 15.1 Å². The summed E-state index contributed by atoms with van der Waals surface area (Å²) in [5.74, 6) is 0.207. The highest BCUT2D eigenvalue weighted by molar-refractivity contribution is 5.85. The van der Waals surface area contributed by atoms with Crippen molar-refractivity contribution in [2.75, 3.05) is 0 Å². The van der Waals surface area contributed by atoms with Crippen molar-refractivity contribution in [1.29, 1.82) is 0 Å². The van der Waals surface area contributed by atoms with Crippen LogP contribution in [0.1, 0.15) is 37.8 Å². The van der Waals surface area contributed by atoms with E-state index in [1.54, 1.807) is 10.9 Å². The highest BCUT2D eigenvalue weighted by atomic mass is 35.5. The van der Waals surface area contributed by atoms with E-state index in [1.807, 2.05) is 20.2 Å². The maximum absolute atomic E-state index is 12.0. The Morgan fingerprint density at radius 1 is 1.61 bits per heavy atom. The molecule has 3 atom stereocenters. The van der Waals surface area contributed by atoms with Crippen LogP contribution in [-0.4, -0.2) is 21.7 Å². The fourth-order valence-electron chi connectivity index (χ4n) is 2.33. The normalized spacial score (nSPS) is 24.4.